The molecule has 2 aromatic carbocycles. The maximum absolute atomic E-state index is 13.0. The summed E-state index contributed by atoms with van der Waals surface area (Å²) in [6.45, 7) is 1.77. The average Bonchev–Trinajstić information content (AvgIpc) is 2.90. The Labute approximate surface area is 151 Å². The molecular formula is C20H20N2O4. The maximum Gasteiger partial charge on any atom is 0.228 e. The second kappa shape index (κ2) is 6.71. The molecule has 0 saturated carbocycles. The van der Waals surface area contributed by atoms with E-state index in [4.69, 9.17) is 4.74 Å². The van der Waals surface area contributed by atoms with Crippen molar-refractivity contribution >= 4 is 17.5 Å². The van der Waals surface area contributed by atoms with Crippen molar-refractivity contribution in [1.82, 2.24) is 4.90 Å². The van der Waals surface area contributed by atoms with E-state index in [1.807, 2.05) is 24.3 Å². The zero-order valence-electron chi connectivity index (χ0n) is 14.3. The van der Waals surface area contributed by atoms with Crippen molar-refractivity contribution in [3.63, 3.8) is 0 Å². The molecule has 1 fully saturated rings. The number of hydrogen-bond donors (Lipinski definition) is 1. The molecule has 0 unspecified atom stereocenters. The van der Waals surface area contributed by atoms with Gasteiger partial charge in [-0.3, -0.25) is 9.59 Å². The standard InChI is InChI=1S/C20H20N2O4/c23-17-6-3-5-16(11-17)22-13-15(10-19(22)24)20(25)21-8-9-26-18-7-2-1-4-14(18)12-21/h1-7,11,15,23H,8-10,12-13H2/t15-/m0/s1. The van der Waals surface area contributed by atoms with Gasteiger partial charge in [0.05, 0.1) is 12.5 Å². The summed E-state index contributed by atoms with van der Waals surface area (Å²) in [5.41, 5.74) is 1.60. The fraction of sp³-hybridized carbons (Fsp3) is 0.300. The van der Waals surface area contributed by atoms with Crippen LogP contribution in [0.3, 0.4) is 0 Å². The molecule has 0 radical (unpaired) electrons. The molecule has 0 aromatic heterocycles. The molecule has 1 N–H and O–H groups in total. The van der Waals surface area contributed by atoms with Gasteiger partial charge in [-0.15, -0.1) is 0 Å². The molecule has 6 nitrogen and oxygen atoms in total. The quantitative estimate of drug-likeness (QED) is 0.899. The van der Waals surface area contributed by atoms with Crippen molar-refractivity contribution in [2.45, 2.75) is 13.0 Å². The summed E-state index contributed by atoms with van der Waals surface area (Å²) in [4.78, 5) is 28.7. The van der Waals surface area contributed by atoms with E-state index in [0.29, 0.717) is 31.9 Å². The van der Waals surface area contributed by atoms with Crippen molar-refractivity contribution in [2.75, 3.05) is 24.6 Å². The Morgan fingerprint density at radius 2 is 2.00 bits per heavy atom. The average molecular weight is 352 g/mol. The molecular weight excluding hydrogens is 332 g/mol. The van der Waals surface area contributed by atoms with E-state index >= 15 is 0 Å². The van der Waals surface area contributed by atoms with Crippen LogP contribution in [0.5, 0.6) is 11.5 Å². The van der Waals surface area contributed by atoms with Gasteiger partial charge in [-0.1, -0.05) is 24.3 Å². The van der Waals surface area contributed by atoms with Crippen LogP contribution in [-0.4, -0.2) is 41.5 Å². The van der Waals surface area contributed by atoms with E-state index in [9.17, 15) is 14.7 Å². The molecule has 0 spiro atoms. The summed E-state index contributed by atoms with van der Waals surface area (Å²) >= 11 is 0. The molecule has 2 aromatic rings. The minimum Gasteiger partial charge on any atom is -0.508 e. The van der Waals surface area contributed by atoms with Crippen LogP contribution in [0.25, 0.3) is 0 Å². The number of nitrogens with zero attached hydrogens (tertiary/aromatic N) is 2. The molecule has 2 aliphatic heterocycles. The second-order valence-electron chi connectivity index (χ2n) is 6.64. The number of para-hydroxylation sites is 1. The van der Waals surface area contributed by atoms with E-state index in [2.05, 4.69) is 0 Å². The van der Waals surface area contributed by atoms with Crippen molar-refractivity contribution in [3.05, 3.63) is 54.1 Å². The summed E-state index contributed by atoms with van der Waals surface area (Å²) in [5, 5.41) is 9.64. The highest BCUT2D eigenvalue weighted by molar-refractivity contribution is 6.00. The summed E-state index contributed by atoms with van der Waals surface area (Å²) in [7, 11) is 0. The Bertz CT molecular complexity index is 851. The van der Waals surface area contributed by atoms with Crippen LogP contribution >= 0.6 is 0 Å². The van der Waals surface area contributed by atoms with Crippen molar-refractivity contribution in [1.29, 1.82) is 0 Å². The highest BCUT2D eigenvalue weighted by atomic mass is 16.5. The van der Waals surface area contributed by atoms with E-state index in [1.165, 1.54) is 0 Å². The number of hydrogen-bond acceptors (Lipinski definition) is 4. The Hall–Kier alpha value is -3.02. The summed E-state index contributed by atoms with van der Waals surface area (Å²) < 4.78 is 5.72. The van der Waals surface area contributed by atoms with E-state index in [1.54, 1.807) is 34.1 Å². The smallest absolute Gasteiger partial charge is 0.228 e. The topological polar surface area (TPSA) is 70.1 Å². The minimum absolute atomic E-state index is 0.0266. The summed E-state index contributed by atoms with van der Waals surface area (Å²) in [6.07, 6.45) is 0.188. The highest BCUT2D eigenvalue weighted by Gasteiger charge is 2.37. The number of anilines is 1. The van der Waals surface area contributed by atoms with Gasteiger partial charge in [0.25, 0.3) is 0 Å². The minimum atomic E-state index is -0.380. The first-order chi connectivity index (χ1) is 12.6. The van der Waals surface area contributed by atoms with Crippen molar-refractivity contribution in [2.24, 2.45) is 5.92 Å². The van der Waals surface area contributed by atoms with Crippen molar-refractivity contribution < 1.29 is 19.4 Å². The first-order valence-electron chi connectivity index (χ1n) is 8.71. The lowest BCUT2D eigenvalue weighted by Gasteiger charge is -2.23. The Morgan fingerprint density at radius 1 is 1.15 bits per heavy atom. The zero-order valence-corrected chi connectivity index (χ0v) is 14.3. The Morgan fingerprint density at radius 3 is 2.85 bits per heavy atom. The predicted octanol–water partition coefficient (Wildman–Crippen LogP) is 2.17. The summed E-state index contributed by atoms with van der Waals surface area (Å²) in [6, 6.07) is 14.3. The van der Waals surface area contributed by atoms with Gasteiger partial charge in [0.15, 0.2) is 0 Å². The number of ether oxygens (including phenoxy) is 1. The van der Waals surface area contributed by atoms with E-state index < -0.39 is 0 Å². The molecule has 1 saturated heterocycles. The monoisotopic (exact) mass is 352 g/mol. The van der Waals surface area contributed by atoms with Crippen LogP contribution in [0.1, 0.15) is 12.0 Å². The third kappa shape index (κ3) is 3.10. The molecule has 4 rings (SSSR count). The van der Waals surface area contributed by atoms with Crippen LogP contribution < -0.4 is 9.64 Å². The number of carbonyl (C=O) groups is 2. The number of aromatic hydroxyl groups is 1. The fourth-order valence-corrected chi connectivity index (χ4v) is 3.56. The first kappa shape index (κ1) is 16.4. The summed E-state index contributed by atoms with van der Waals surface area (Å²) in [5.74, 6) is 0.412. The van der Waals surface area contributed by atoms with Gasteiger partial charge < -0.3 is 19.6 Å². The fourth-order valence-electron chi connectivity index (χ4n) is 3.56. The van der Waals surface area contributed by atoms with Gasteiger partial charge >= 0.3 is 0 Å². The molecule has 0 bridgehead atoms. The number of phenols is 1. The SMILES string of the molecule is O=C([C@H]1CC(=O)N(c2cccc(O)c2)C1)N1CCOc2ccccc2C1. The van der Waals surface area contributed by atoms with Crippen LogP contribution in [0.2, 0.25) is 0 Å². The molecule has 2 aliphatic rings. The molecule has 26 heavy (non-hydrogen) atoms. The van der Waals surface area contributed by atoms with E-state index in [-0.39, 0.29) is 29.9 Å². The third-order valence-corrected chi connectivity index (χ3v) is 4.88. The highest BCUT2D eigenvalue weighted by Crippen LogP contribution is 2.30. The number of amides is 2. The van der Waals surface area contributed by atoms with Gasteiger partial charge in [-0.2, -0.15) is 0 Å². The maximum atomic E-state index is 13.0. The van der Waals surface area contributed by atoms with E-state index in [0.717, 1.165) is 11.3 Å². The Kier molecular flexibility index (Phi) is 4.24. The molecule has 6 heteroatoms. The van der Waals surface area contributed by atoms with Crippen LogP contribution in [-0.2, 0) is 16.1 Å². The van der Waals surface area contributed by atoms with Crippen molar-refractivity contribution in [3.8, 4) is 11.5 Å². The van der Waals surface area contributed by atoms with Gasteiger partial charge in [-0.25, -0.2) is 0 Å². The molecule has 0 aliphatic carbocycles. The number of fused-ring (bicyclic) bond motifs is 1. The Balaban J connectivity index is 1.50. The first-order valence-corrected chi connectivity index (χ1v) is 8.71. The molecule has 134 valence electrons. The number of phenolic OH excluding ortho intramolecular Hbond substituents is 1. The lowest BCUT2D eigenvalue weighted by atomic mass is 10.1. The van der Waals surface area contributed by atoms with Crippen LogP contribution in [0.15, 0.2) is 48.5 Å². The lowest BCUT2D eigenvalue weighted by Crippen LogP contribution is -2.38. The predicted molar refractivity (Wildman–Crippen MR) is 95.9 cm³/mol. The number of carbonyl (C=O) groups excluding carboxylic acids is 2. The van der Waals surface area contributed by atoms with Gasteiger partial charge in [0, 0.05) is 36.8 Å². The second-order valence-corrected chi connectivity index (χ2v) is 6.64. The number of benzene rings is 2. The molecule has 2 amide bonds. The van der Waals surface area contributed by atoms with Crippen LogP contribution in [0.4, 0.5) is 5.69 Å². The normalized spacial score (nSPS) is 19.7. The largest absolute Gasteiger partial charge is 0.508 e. The molecule has 1 atom stereocenters. The number of rotatable bonds is 2. The van der Waals surface area contributed by atoms with Crippen LogP contribution in [0, 0.1) is 5.92 Å². The van der Waals surface area contributed by atoms with Gasteiger partial charge in [0.2, 0.25) is 11.8 Å². The van der Waals surface area contributed by atoms with Gasteiger partial charge in [-0.05, 0) is 18.2 Å². The molecule has 2 heterocycles. The zero-order chi connectivity index (χ0) is 18.1. The van der Waals surface area contributed by atoms with Gasteiger partial charge in [0.1, 0.15) is 18.1 Å². The third-order valence-electron chi connectivity index (χ3n) is 4.88. The lowest BCUT2D eigenvalue weighted by molar-refractivity contribution is -0.136.